The highest BCUT2D eigenvalue weighted by Gasteiger charge is 2.14. The monoisotopic (exact) mass is 227 g/mol. The van der Waals surface area contributed by atoms with Crippen LogP contribution in [0.25, 0.3) is 0 Å². The van der Waals surface area contributed by atoms with Gasteiger partial charge in [-0.05, 0) is 19.3 Å². The van der Waals surface area contributed by atoms with Gasteiger partial charge >= 0.3 is 0 Å². The van der Waals surface area contributed by atoms with Crippen molar-refractivity contribution in [1.82, 2.24) is 9.97 Å². The lowest BCUT2D eigenvalue weighted by molar-refractivity contribution is 0.107. The van der Waals surface area contributed by atoms with E-state index in [4.69, 9.17) is 16.3 Å². The molecule has 2 rings (SSSR count). The molecule has 0 spiro atoms. The molecule has 1 unspecified atom stereocenters. The maximum Gasteiger partial charge on any atom is 0.148 e. The van der Waals surface area contributed by atoms with Crippen molar-refractivity contribution in [3.63, 3.8) is 0 Å². The number of halogens is 1. The molecule has 1 atom stereocenters. The predicted octanol–water partition coefficient (Wildman–Crippen LogP) is 2.11. The molecule has 1 aliphatic heterocycles. The third kappa shape index (κ3) is 3.04. The van der Waals surface area contributed by atoms with Gasteiger partial charge in [0.1, 0.15) is 17.2 Å². The van der Waals surface area contributed by atoms with Crippen LogP contribution in [0.1, 0.15) is 19.3 Å². The van der Waals surface area contributed by atoms with Gasteiger partial charge in [0.2, 0.25) is 0 Å². The molecule has 0 bridgehead atoms. The van der Waals surface area contributed by atoms with Gasteiger partial charge in [0, 0.05) is 13.2 Å². The Kier molecular flexibility index (Phi) is 3.75. The Morgan fingerprint density at radius 2 is 2.53 bits per heavy atom. The smallest absolute Gasteiger partial charge is 0.148 e. The van der Waals surface area contributed by atoms with Gasteiger partial charge in [-0.3, -0.25) is 0 Å². The number of rotatable bonds is 4. The third-order valence-electron chi connectivity index (χ3n) is 2.45. The van der Waals surface area contributed by atoms with Gasteiger partial charge in [-0.15, -0.1) is 0 Å². The first-order valence-corrected chi connectivity index (χ1v) is 5.55. The minimum Gasteiger partial charge on any atom is -0.378 e. The third-order valence-corrected chi connectivity index (χ3v) is 2.73. The summed E-state index contributed by atoms with van der Waals surface area (Å²) in [6, 6.07) is 0. The first kappa shape index (κ1) is 10.6. The van der Waals surface area contributed by atoms with E-state index in [0.29, 0.717) is 16.9 Å². The largest absolute Gasteiger partial charge is 0.378 e. The van der Waals surface area contributed by atoms with E-state index in [1.54, 1.807) is 6.20 Å². The normalized spacial score (nSPS) is 20.5. The van der Waals surface area contributed by atoms with E-state index in [0.717, 1.165) is 19.6 Å². The molecular weight excluding hydrogens is 214 g/mol. The first-order chi connectivity index (χ1) is 7.36. The van der Waals surface area contributed by atoms with E-state index in [1.807, 2.05) is 0 Å². The molecule has 1 fully saturated rings. The van der Waals surface area contributed by atoms with Gasteiger partial charge in [-0.2, -0.15) is 0 Å². The molecule has 15 heavy (non-hydrogen) atoms. The van der Waals surface area contributed by atoms with E-state index in [2.05, 4.69) is 15.3 Å². The van der Waals surface area contributed by atoms with Crippen molar-refractivity contribution in [3.05, 3.63) is 17.5 Å². The highest BCUT2D eigenvalue weighted by Crippen LogP contribution is 2.18. The Labute approximate surface area is 94.0 Å². The maximum atomic E-state index is 5.90. The van der Waals surface area contributed by atoms with Crippen LogP contribution in [-0.2, 0) is 4.74 Å². The molecule has 0 saturated carbocycles. The highest BCUT2D eigenvalue weighted by molar-refractivity contribution is 6.32. The number of nitrogens with one attached hydrogen (secondary N) is 1. The van der Waals surface area contributed by atoms with Gasteiger partial charge in [0.15, 0.2) is 0 Å². The average Bonchev–Trinajstić information content (AvgIpc) is 2.74. The summed E-state index contributed by atoms with van der Waals surface area (Å²) in [4.78, 5) is 7.87. The highest BCUT2D eigenvalue weighted by atomic mass is 35.5. The fourth-order valence-electron chi connectivity index (χ4n) is 1.67. The number of hydrogen-bond donors (Lipinski definition) is 1. The van der Waals surface area contributed by atoms with Crippen molar-refractivity contribution >= 4 is 17.4 Å². The SMILES string of the molecule is Clc1cncnc1NCCC1CCCO1. The van der Waals surface area contributed by atoms with Crippen LogP contribution in [0.3, 0.4) is 0 Å². The van der Waals surface area contributed by atoms with Crippen LogP contribution < -0.4 is 5.32 Å². The minimum atomic E-state index is 0.401. The van der Waals surface area contributed by atoms with Crippen LogP contribution in [0.15, 0.2) is 12.5 Å². The summed E-state index contributed by atoms with van der Waals surface area (Å²) in [6.45, 7) is 1.74. The zero-order valence-electron chi connectivity index (χ0n) is 8.45. The molecule has 0 amide bonds. The number of nitrogens with zero attached hydrogens (tertiary/aromatic N) is 2. The summed E-state index contributed by atoms with van der Waals surface area (Å²) in [6.07, 6.45) is 6.82. The molecule has 1 aromatic heterocycles. The van der Waals surface area contributed by atoms with Gasteiger partial charge in [0.05, 0.1) is 12.3 Å². The summed E-state index contributed by atoms with van der Waals surface area (Å²) in [5.74, 6) is 0.699. The number of ether oxygens (including phenoxy) is 1. The van der Waals surface area contributed by atoms with Crippen molar-refractivity contribution in [2.45, 2.75) is 25.4 Å². The van der Waals surface area contributed by atoms with E-state index in [-0.39, 0.29) is 0 Å². The summed E-state index contributed by atoms with van der Waals surface area (Å²) >= 11 is 5.90. The lowest BCUT2D eigenvalue weighted by Gasteiger charge is -2.10. The zero-order chi connectivity index (χ0) is 10.5. The molecule has 1 saturated heterocycles. The molecule has 0 aromatic carbocycles. The van der Waals surface area contributed by atoms with E-state index >= 15 is 0 Å². The van der Waals surface area contributed by atoms with Gasteiger partial charge in [-0.1, -0.05) is 11.6 Å². The van der Waals surface area contributed by atoms with Crippen LogP contribution in [0.2, 0.25) is 5.02 Å². The second-order valence-electron chi connectivity index (χ2n) is 3.57. The lowest BCUT2D eigenvalue weighted by atomic mass is 10.2. The Hall–Kier alpha value is -0.870. The summed E-state index contributed by atoms with van der Waals surface area (Å²) in [7, 11) is 0. The Morgan fingerprint density at radius 1 is 1.60 bits per heavy atom. The summed E-state index contributed by atoms with van der Waals surface area (Å²) in [5.41, 5.74) is 0. The first-order valence-electron chi connectivity index (χ1n) is 5.17. The zero-order valence-corrected chi connectivity index (χ0v) is 9.20. The molecular formula is C10H14ClN3O. The quantitative estimate of drug-likeness (QED) is 0.856. The number of anilines is 1. The molecule has 82 valence electrons. The average molecular weight is 228 g/mol. The van der Waals surface area contributed by atoms with Crippen molar-refractivity contribution < 1.29 is 4.74 Å². The second kappa shape index (κ2) is 5.28. The molecule has 0 aliphatic carbocycles. The predicted molar refractivity (Wildman–Crippen MR) is 59.1 cm³/mol. The molecule has 4 nitrogen and oxygen atoms in total. The van der Waals surface area contributed by atoms with Crippen LogP contribution in [0, 0.1) is 0 Å². The maximum absolute atomic E-state index is 5.90. The van der Waals surface area contributed by atoms with E-state index < -0.39 is 0 Å². The number of aromatic nitrogens is 2. The molecule has 1 N–H and O–H groups in total. The molecule has 2 heterocycles. The molecule has 1 aromatic rings. The lowest BCUT2D eigenvalue weighted by Crippen LogP contribution is -2.13. The Balaban J connectivity index is 1.75. The van der Waals surface area contributed by atoms with E-state index in [9.17, 15) is 0 Å². The molecule has 5 heteroatoms. The van der Waals surface area contributed by atoms with Crippen LogP contribution in [-0.4, -0.2) is 29.2 Å². The van der Waals surface area contributed by atoms with Crippen molar-refractivity contribution in [1.29, 1.82) is 0 Å². The second-order valence-corrected chi connectivity index (χ2v) is 3.98. The fourth-order valence-corrected chi connectivity index (χ4v) is 1.84. The van der Waals surface area contributed by atoms with Crippen molar-refractivity contribution in [3.8, 4) is 0 Å². The Morgan fingerprint density at radius 3 is 3.27 bits per heavy atom. The van der Waals surface area contributed by atoms with Crippen LogP contribution in [0.4, 0.5) is 5.82 Å². The molecule has 0 radical (unpaired) electrons. The van der Waals surface area contributed by atoms with Crippen molar-refractivity contribution in [2.75, 3.05) is 18.5 Å². The molecule has 1 aliphatic rings. The Bertz CT molecular complexity index is 315. The fraction of sp³-hybridized carbons (Fsp3) is 0.600. The van der Waals surface area contributed by atoms with Crippen LogP contribution in [0.5, 0.6) is 0 Å². The van der Waals surface area contributed by atoms with Gasteiger partial charge in [-0.25, -0.2) is 9.97 Å². The standard InChI is InChI=1S/C10H14ClN3O/c11-9-6-12-7-14-10(9)13-4-3-8-2-1-5-15-8/h6-8H,1-5H2,(H,12,13,14). The van der Waals surface area contributed by atoms with Crippen LogP contribution >= 0.6 is 11.6 Å². The summed E-state index contributed by atoms with van der Waals surface area (Å²) < 4.78 is 5.52. The minimum absolute atomic E-state index is 0.401. The number of hydrogen-bond acceptors (Lipinski definition) is 4. The summed E-state index contributed by atoms with van der Waals surface area (Å²) in [5, 5.41) is 3.74. The van der Waals surface area contributed by atoms with Gasteiger partial charge in [0.25, 0.3) is 0 Å². The topological polar surface area (TPSA) is 47.0 Å². The van der Waals surface area contributed by atoms with Crippen molar-refractivity contribution in [2.24, 2.45) is 0 Å². The van der Waals surface area contributed by atoms with E-state index in [1.165, 1.54) is 19.2 Å². The van der Waals surface area contributed by atoms with Gasteiger partial charge < -0.3 is 10.1 Å².